The van der Waals surface area contributed by atoms with Gasteiger partial charge in [0.2, 0.25) is 10.7 Å². The van der Waals surface area contributed by atoms with Crippen molar-refractivity contribution in [3.8, 4) is 23.0 Å². The van der Waals surface area contributed by atoms with Gasteiger partial charge in [-0.05, 0) is 137 Å². The van der Waals surface area contributed by atoms with Gasteiger partial charge in [0.1, 0.15) is 73.8 Å². The second-order valence-corrected chi connectivity index (χ2v) is 41.9. The van der Waals surface area contributed by atoms with Gasteiger partial charge in [0, 0.05) is 167 Å². The van der Waals surface area contributed by atoms with E-state index in [2.05, 4.69) is 118 Å². The molecule has 6 aromatic carbocycles. The summed E-state index contributed by atoms with van der Waals surface area (Å²) in [6.45, 7) is 12.9. The first-order valence-electron chi connectivity index (χ1n) is 43.6. The van der Waals surface area contributed by atoms with Crippen LogP contribution in [0.15, 0.2) is 129 Å². The molecule has 4 unspecified atom stereocenters. The SMILES string of the molecule is CCN1CCCc2cc3c(cc21)Oc1cc2c(cc1=C3c1cc(C(=O)NC/C=C/c3cn([C@H]4C[C@H](O)[C@@H](COP(=O)(O)OP(=O)(O)OP(=O)(O)O)O4)c(=O)[nH]c3=O)ccc1C(=O)[O-])CCC[N+]=2CC.CCN1CCCc2cc3c(cc21)Oc1cc2c(cc1=C3c1ccc(C(=O)NC/C=C/c3cn([C@H]4C[C@H](O)[C@@H](COP(=O)(O)OP(=O)(O)OP(=O)(O)O)O4)c(=O)[nH]c3=O)cc1C(=O)[O-])CCC[N+]=2CC. The fourth-order valence-electron chi connectivity index (χ4n) is 18.0. The minimum atomic E-state index is -5.81. The zero-order valence-electron chi connectivity index (χ0n) is 74.0. The fourth-order valence-corrected chi connectivity index (χ4v) is 24.1. The second-order valence-electron chi connectivity index (χ2n) is 33.1. The molecule has 2 saturated heterocycles. The van der Waals surface area contributed by atoms with Gasteiger partial charge in [-0.1, -0.05) is 36.4 Å². The van der Waals surface area contributed by atoms with Crippen LogP contribution < -0.4 is 92.9 Å². The number of aromatic amines is 2. The maximum Gasteiger partial charge on any atom is 0.490 e. The number of fused-ring (bicyclic) bond motifs is 8. The fraction of sp³-hybridized carbons (Fsp3) is 0.372. The zero-order chi connectivity index (χ0) is 99.2. The number of H-pyrrole nitrogens is 2. The molecule has 0 bridgehead atoms. The Kier molecular flexibility index (Phi) is 30.3. The summed E-state index contributed by atoms with van der Waals surface area (Å²) in [4.78, 5) is 186. The van der Waals surface area contributed by atoms with Crippen molar-refractivity contribution in [1.82, 2.24) is 38.9 Å². The van der Waals surface area contributed by atoms with E-state index in [9.17, 15) is 106 Å². The quantitative estimate of drug-likeness (QED) is 0.0211. The van der Waals surface area contributed by atoms with Crippen LogP contribution in [-0.2, 0) is 88.8 Å². The minimum absolute atomic E-state index is 0.0124. The molecule has 46 nitrogen and oxygen atoms in total. The first-order valence-corrected chi connectivity index (χ1v) is 52.7. The zero-order valence-corrected chi connectivity index (χ0v) is 79.4. The monoisotopic (exact) mass is 2030 g/mol. The summed E-state index contributed by atoms with van der Waals surface area (Å²) in [5, 5.41) is 55.9. The number of hydrogen-bond donors (Lipinski definition) is 14. The summed E-state index contributed by atoms with van der Waals surface area (Å²) in [6, 6.07) is 25.0. The number of aromatic carboxylic acids is 2. The Bertz CT molecular complexity index is 7210. The molecule has 0 aliphatic carbocycles. The third-order valence-electron chi connectivity index (χ3n) is 24.2. The van der Waals surface area contributed by atoms with Gasteiger partial charge < -0.3 is 109 Å². The Morgan fingerprint density at radius 1 is 0.486 bits per heavy atom. The Balaban J connectivity index is 0.000000209. The van der Waals surface area contributed by atoms with E-state index in [1.165, 1.54) is 54.6 Å². The highest BCUT2D eigenvalue weighted by atomic mass is 31.3. The summed E-state index contributed by atoms with van der Waals surface area (Å²) in [7, 11) is -34.0. The molecule has 138 heavy (non-hydrogen) atoms. The third kappa shape index (κ3) is 23.1. The average Bonchev–Trinajstić information content (AvgIpc) is 0.778. The Morgan fingerprint density at radius 2 is 0.899 bits per heavy atom. The summed E-state index contributed by atoms with van der Waals surface area (Å²) in [5.41, 5.74) is 5.81. The lowest BCUT2D eigenvalue weighted by molar-refractivity contribution is -0.256. The number of aryl methyl sites for hydroxylation is 4. The number of amides is 2. The number of carboxylic acid groups (broad SMARTS) is 2. The van der Waals surface area contributed by atoms with E-state index < -0.39 is 143 Å². The van der Waals surface area contributed by atoms with Gasteiger partial charge in [0.25, 0.3) is 22.9 Å². The number of benzene rings is 6. The molecule has 8 aliphatic heterocycles. The number of carbonyl (C=O) groups excluding carboxylic acids is 4. The van der Waals surface area contributed by atoms with Crippen LogP contribution in [0.1, 0.15) is 176 Å². The number of hydrogen-bond acceptors (Lipinski definition) is 30. The van der Waals surface area contributed by atoms with Crippen molar-refractivity contribution < 1.29 is 151 Å². The number of phosphoric ester groups is 2. The molecule has 16 rings (SSSR count). The molecule has 14 N–H and O–H groups in total. The van der Waals surface area contributed by atoms with Crippen molar-refractivity contribution in [2.24, 2.45) is 0 Å². The molecule has 2 amide bonds. The van der Waals surface area contributed by atoms with Gasteiger partial charge in [0.05, 0.1) is 60.6 Å². The van der Waals surface area contributed by atoms with E-state index in [-0.39, 0.29) is 64.9 Å². The number of rotatable bonds is 32. The first kappa shape index (κ1) is 102. The van der Waals surface area contributed by atoms with Crippen LogP contribution >= 0.6 is 46.9 Å². The van der Waals surface area contributed by atoms with E-state index in [4.69, 9.17) is 38.5 Å². The van der Waals surface area contributed by atoms with Crippen molar-refractivity contribution in [3.05, 3.63) is 250 Å². The Morgan fingerprint density at radius 3 is 1.31 bits per heavy atom. The molecule has 52 heteroatoms. The minimum Gasteiger partial charge on any atom is -0.545 e. The molecular formula is C86H96N10O36P6. The predicted octanol–water partition coefficient (Wildman–Crippen LogP) is 1.84. The van der Waals surface area contributed by atoms with Crippen LogP contribution in [0.25, 0.3) is 23.3 Å². The normalized spacial score (nSPS) is 20.6. The molecule has 10 atom stereocenters. The third-order valence-corrected chi connectivity index (χ3v) is 31.8. The lowest BCUT2D eigenvalue weighted by atomic mass is 9.85. The van der Waals surface area contributed by atoms with Gasteiger partial charge >= 0.3 is 58.3 Å². The summed E-state index contributed by atoms with van der Waals surface area (Å²) >= 11 is 0. The topological polar surface area (TPSA) is 658 Å². The molecule has 0 spiro atoms. The van der Waals surface area contributed by atoms with Gasteiger partial charge in [-0.3, -0.25) is 47.3 Å². The van der Waals surface area contributed by atoms with E-state index in [1.54, 1.807) is 6.07 Å². The van der Waals surface area contributed by atoms with Crippen molar-refractivity contribution in [3.63, 3.8) is 0 Å². The van der Waals surface area contributed by atoms with Crippen LogP contribution in [0.4, 0.5) is 11.4 Å². The number of phosphoric acid groups is 6. The second kappa shape index (κ2) is 41.2. The highest BCUT2D eigenvalue weighted by Crippen LogP contribution is 2.68. The number of carboxylic acids is 2. The summed E-state index contributed by atoms with van der Waals surface area (Å²) in [6.07, 6.45) is 5.56. The lowest BCUT2D eigenvalue weighted by Gasteiger charge is -2.33. The number of nitrogens with zero attached hydrogens (tertiary/aromatic N) is 6. The molecule has 10 heterocycles. The molecular weight excluding hydrogens is 1930 g/mol. The number of aliphatic hydroxyl groups is 2. The van der Waals surface area contributed by atoms with Crippen LogP contribution in [0.2, 0.25) is 0 Å². The number of anilines is 2. The van der Waals surface area contributed by atoms with E-state index in [0.717, 1.165) is 180 Å². The van der Waals surface area contributed by atoms with Crippen LogP contribution in [0, 0.1) is 0 Å². The molecule has 0 radical (unpaired) electrons. The lowest BCUT2D eigenvalue weighted by Crippen LogP contribution is -2.39. The maximum atomic E-state index is 13.8. The molecule has 8 aliphatic rings. The standard InChI is InChI=1S/2C43H48N5O18P3/c1-3-46-14-6-9-24-16-30-35(19-32(24)46)63-36-20-33-25(10-7-15-47(33)4-2)17-31(36)39(30)29-18-26(11-12-28(29)42(52)53)40(50)44-13-5-8-27-22-48(43(54)45-41(27)51)38-21-34(49)37(64-38)23-62-68(58,59)66-69(60,61)65-67(55,56)57;1-3-46-14-6-9-24-16-30-35(19-32(24)46)63-36-20-33-25(10-7-15-47(33)4-2)17-31(36)39(30)28-12-11-26(18-29(28)42(52)53)40(50)44-13-5-8-27-22-48(43(54)45-41(27)51)38-21-34(49)37(64-38)23-62-68(58,59)66-69(60,61)65-67(55,56)57/h2*5,8,11-12,16-20,22,34,37-38,49H,3-4,6-7,9-10,13-15,21,23H2,1-2H3,(H6-,44,45,50,51,52,53,54,55,56,57,58,59,60,61)/b2*8-5+/t2*34-,37+,38+/m00/s1. The largest absolute Gasteiger partial charge is 0.545 e. The Labute approximate surface area is 782 Å². The number of aromatic nitrogens is 4. The first-order chi connectivity index (χ1) is 65.3. The van der Waals surface area contributed by atoms with E-state index in [0.29, 0.717) is 50.5 Å². The average molecular weight is 2030 g/mol. The van der Waals surface area contributed by atoms with Crippen molar-refractivity contribution in [1.29, 1.82) is 0 Å². The number of aliphatic hydroxyl groups excluding tert-OH is 2. The van der Waals surface area contributed by atoms with Crippen LogP contribution in [-0.4, -0.2) is 195 Å². The summed E-state index contributed by atoms with van der Waals surface area (Å²) < 4.78 is 124. The summed E-state index contributed by atoms with van der Waals surface area (Å²) in [5.74, 6) is -1.87. The van der Waals surface area contributed by atoms with E-state index >= 15 is 0 Å². The molecule has 2 fully saturated rings. The van der Waals surface area contributed by atoms with Crippen LogP contribution in [0.3, 0.4) is 0 Å². The van der Waals surface area contributed by atoms with Crippen molar-refractivity contribution in [2.75, 3.05) is 88.5 Å². The number of carbonyl (C=O) groups is 4. The molecule has 0 saturated carbocycles. The molecule has 736 valence electrons. The number of nitrogens with one attached hydrogen (secondary N) is 4. The van der Waals surface area contributed by atoms with Gasteiger partial charge in [-0.2, -0.15) is 17.2 Å². The Hall–Kier alpha value is -10.8. The predicted molar refractivity (Wildman–Crippen MR) is 486 cm³/mol. The van der Waals surface area contributed by atoms with Gasteiger partial charge in [-0.25, -0.2) is 46.1 Å². The highest BCUT2D eigenvalue weighted by Gasteiger charge is 2.46. The maximum absolute atomic E-state index is 13.8. The molecule has 8 aromatic rings. The van der Waals surface area contributed by atoms with Gasteiger partial charge in [0.15, 0.2) is 0 Å². The van der Waals surface area contributed by atoms with Crippen molar-refractivity contribution in [2.45, 2.75) is 129 Å². The van der Waals surface area contributed by atoms with Crippen LogP contribution in [0.5, 0.6) is 23.0 Å². The van der Waals surface area contributed by atoms with Crippen molar-refractivity contribution >= 4 is 105 Å². The number of ether oxygens (including phenoxy) is 4. The molecule has 2 aromatic heterocycles. The van der Waals surface area contributed by atoms with Gasteiger partial charge in [-0.15, -0.1) is 0 Å². The highest BCUT2D eigenvalue weighted by molar-refractivity contribution is 7.67. The smallest absolute Gasteiger partial charge is 0.490 e. The van der Waals surface area contributed by atoms with E-state index in [1.807, 2.05) is 24.3 Å².